The summed E-state index contributed by atoms with van der Waals surface area (Å²) < 4.78 is 20.6. The molecule has 0 fully saturated rings. The van der Waals surface area contributed by atoms with Crippen LogP contribution in [0.5, 0.6) is 5.75 Å². The summed E-state index contributed by atoms with van der Waals surface area (Å²) in [6.45, 7) is 2.29. The Morgan fingerprint density at radius 2 is 2.10 bits per heavy atom. The quantitative estimate of drug-likeness (QED) is 0.907. The summed E-state index contributed by atoms with van der Waals surface area (Å²) in [5, 5.41) is 10.7. The van der Waals surface area contributed by atoms with Crippen LogP contribution in [0.25, 0.3) is 0 Å². The molecule has 0 amide bonds. The van der Waals surface area contributed by atoms with Crippen LogP contribution in [-0.2, 0) is 18.4 Å². The molecule has 1 aliphatic heterocycles. The second-order valence-electron chi connectivity index (χ2n) is 5.58. The third-order valence-corrected chi connectivity index (χ3v) is 4.27. The summed E-state index contributed by atoms with van der Waals surface area (Å²) in [6.07, 6.45) is 1.17. The molecule has 0 saturated carbocycles. The zero-order valence-electron chi connectivity index (χ0n) is 11.7. The van der Waals surface area contributed by atoms with Crippen LogP contribution in [0.15, 0.2) is 40.9 Å². The number of hydrogen-bond donors (Lipinski definition) is 1. The topological polar surface area (TPSA) is 29.5 Å². The van der Waals surface area contributed by atoms with Gasteiger partial charge >= 0.3 is 0 Å². The van der Waals surface area contributed by atoms with Gasteiger partial charge in [-0.05, 0) is 36.2 Å². The summed E-state index contributed by atoms with van der Waals surface area (Å²) in [5.74, 6) is 0.435. The third-order valence-electron chi connectivity index (χ3n) is 3.81. The predicted octanol–water partition coefficient (Wildman–Crippen LogP) is 3.97. The molecule has 0 saturated heterocycles. The van der Waals surface area contributed by atoms with Crippen molar-refractivity contribution >= 4 is 15.9 Å². The smallest absolute Gasteiger partial charge is 0.129 e. The Morgan fingerprint density at radius 1 is 1.33 bits per heavy atom. The van der Waals surface area contributed by atoms with Gasteiger partial charge in [0.25, 0.3) is 0 Å². The van der Waals surface area contributed by atoms with Crippen molar-refractivity contribution in [1.82, 2.24) is 0 Å². The minimum absolute atomic E-state index is 0.301. The minimum atomic E-state index is -1.29. The van der Waals surface area contributed by atoms with E-state index in [0.29, 0.717) is 18.6 Å². The second-order valence-corrected chi connectivity index (χ2v) is 6.50. The number of benzene rings is 2. The number of ether oxygens (including phenoxy) is 1. The van der Waals surface area contributed by atoms with Crippen LogP contribution in [0, 0.1) is 5.82 Å². The van der Waals surface area contributed by atoms with E-state index in [1.54, 1.807) is 25.1 Å². The molecule has 2 aromatic carbocycles. The van der Waals surface area contributed by atoms with E-state index in [-0.39, 0.29) is 0 Å². The van der Waals surface area contributed by atoms with Crippen molar-refractivity contribution in [3.05, 3.63) is 63.4 Å². The molecule has 21 heavy (non-hydrogen) atoms. The first-order valence-corrected chi connectivity index (χ1v) is 7.68. The lowest BCUT2D eigenvalue weighted by molar-refractivity contribution is 0.0531. The Morgan fingerprint density at radius 3 is 2.86 bits per heavy atom. The largest absolute Gasteiger partial charge is 0.493 e. The average Bonchev–Trinajstić information content (AvgIpc) is 2.86. The van der Waals surface area contributed by atoms with Gasteiger partial charge in [0.05, 0.1) is 12.2 Å². The lowest BCUT2D eigenvalue weighted by Gasteiger charge is -2.25. The highest BCUT2D eigenvalue weighted by molar-refractivity contribution is 9.10. The van der Waals surface area contributed by atoms with E-state index < -0.39 is 11.4 Å². The normalized spacial score (nSPS) is 16.2. The van der Waals surface area contributed by atoms with Crippen LogP contribution >= 0.6 is 15.9 Å². The zero-order valence-corrected chi connectivity index (χ0v) is 13.3. The van der Waals surface area contributed by atoms with Crippen molar-refractivity contribution in [2.24, 2.45) is 0 Å². The minimum Gasteiger partial charge on any atom is -0.493 e. The van der Waals surface area contributed by atoms with Crippen molar-refractivity contribution in [1.29, 1.82) is 0 Å². The second kappa shape index (κ2) is 5.43. The molecule has 110 valence electrons. The molecule has 0 radical (unpaired) electrons. The van der Waals surface area contributed by atoms with E-state index in [1.807, 2.05) is 12.1 Å². The maximum Gasteiger partial charge on any atom is 0.129 e. The Balaban J connectivity index is 1.99. The number of fused-ring (bicyclic) bond motifs is 1. The highest BCUT2D eigenvalue weighted by Crippen LogP contribution is 2.37. The molecule has 1 atom stereocenters. The SMILES string of the molecule is CC(O)(Cc1cc(Br)cc2c1OCC2)c1ccccc1F. The average molecular weight is 351 g/mol. The predicted molar refractivity (Wildman–Crippen MR) is 83.0 cm³/mol. The Bertz CT molecular complexity index is 682. The summed E-state index contributed by atoms with van der Waals surface area (Å²) in [6, 6.07) is 10.3. The van der Waals surface area contributed by atoms with Crippen LogP contribution < -0.4 is 4.74 Å². The molecular formula is C17H16BrFO2. The molecule has 2 nitrogen and oxygen atoms in total. The van der Waals surface area contributed by atoms with E-state index in [9.17, 15) is 9.50 Å². The molecule has 1 heterocycles. The fourth-order valence-corrected chi connectivity index (χ4v) is 3.39. The fraction of sp³-hybridized carbons (Fsp3) is 0.294. The van der Waals surface area contributed by atoms with E-state index >= 15 is 0 Å². The van der Waals surface area contributed by atoms with Crippen LogP contribution in [0.2, 0.25) is 0 Å². The zero-order chi connectivity index (χ0) is 15.0. The van der Waals surface area contributed by atoms with Crippen molar-refractivity contribution in [2.45, 2.75) is 25.4 Å². The van der Waals surface area contributed by atoms with Gasteiger partial charge in [0.15, 0.2) is 0 Å². The number of hydrogen-bond acceptors (Lipinski definition) is 2. The maximum atomic E-state index is 13.9. The van der Waals surface area contributed by atoms with Crippen molar-refractivity contribution in [2.75, 3.05) is 6.61 Å². The first-order chi connectivity index (χ1) is 9.97. The molecule has 1 aliphatic rings. The van der Waals surface area contributed by atoms with Crippen molar-refractivity contribution in [3.8, 4) is 5.75 Å². The molecule has 0 aliphatic carbocycles. The molecule has 0 spiro atoms. The third kappa shape index (κ3) is 2.83. The van der Waals surface area contributed by atoms with Gasteiger partial charge in [-0.15, -0.1) is 0 Å². The van der Waals surface area contributed by atoms with Gasteiger partial charge in [-0.2, -0.15) is 0 Å². The monoisotopic (exact) mass is 350 g/mol. The van der Waals surface area contributed by atoms with Gasteiger partial charge in [0, 0.05) is 22.9 Å². The van der Waals surface area contributed by atoms with Gasteiger partial charge in [-0.25, -0.2) is 4.39 Å². The van der Waals surface area contributed by atoms with Gasteiger partial charge in [-0.3, -0.25) is 0 Å². The van der Waals surface area contributed by atoms with Gasteiger partial charge in [-0.1, -0.05) is 34.1 Å². The summed E-state index contributed by atoms with van der Waals surface area (Å²) in [5.41, 5.74) is 1.04. The van der Waals surface area contributed by atoms with Crippen LogP contribution in [0.4, 0.5) is 4.39 Å². The molecule has 1 N–H and O–H groups in total. The van der Waals surface area contributed by atoms with Crippen LogP contribution in [-0.4, -0.2) is 11.7 Å². The highest BCUT2D eigenvalue weighted by atomic mass is 79.9. The molecule has 3 rings (SSSR count). The summed E-state index contributed by atoms with van der Waals surface area (Å²) >= 11 is 3.48. The number of aliphatic hydroxyl groups is 1. The summed E-state index contributed by atoms with van der Waals surface area (Å²) in [4.78, 5) is 0. The van der Waals surface area contributed by atoms with Crippen LogP contribution in [0.1, 0.15) is 23.6 Å². The summed E-state index contributed by atoms with van der Waals surface area (Å²) in [7, 11) is 0. The van der Waals surface area contributed by atoms with Gasteiger partial charge in [0.1, 0.15) is 11.6 Å². The number of rotatable bonds is 3. The van der Waals surface area contributed by atoms with Crippen molar-refractivity contribution < 1.29 is 14.2 Å². The Hall–Kier alpha value is -1.39. The lowest BCUT2D eigenvalue weighted by atomic mass is 9.88. The molecule has 1 unspecified atom stereocenters. The van der Waals surface area contributed by atoms with Crippen molar-refractivity contribution in [3.63, 3.8) is 0 Å². The molecule has 0 bridgehead atoms. The van der Waals surface area contributed by atoms with E-state index in [2.05, 4.69) is 15.9 Å². The van der Waals surface area contributed by atoms with Crippen LogP contribution in [0.3, 0.4) is 0 Å². The molecule has 2 aromatic rings. The Kier molecular flexibility index (Phi) is 3.76. The van der Waals surface area contributed by atoms with Gasteiger partial charge in [0.2, 0.25) is 0 Å². The maximum absolute atomic E-state index is 13.9. The van der Waals surface area contributed by atoms with Gasteiger partial charge < -0.3 is 9.84 Å². The first-order valence-electron chi connectivity index (χ1n) is 6.89. The number of halogens is 2. The molecular weight excluding hydrogens is 335 g/mol. The van der Waals surface area contributed by atoms with E-state index in [4.69, 9.17) is 4.74 Å². The first kappa shape index (κ1) is 14.5. The standard InChI is InChI=1S/C17H16BrFO2/c1-17(20,14-4-2-3-5-15(14)19)10-12-9-13(18)8-11-6-7-21-16(11)12/h2-5,8-9,20H,6-7,10H2,1H3. The molecule has 4 heteroatoms. The fourth-order valence-electron chi connectivity index (χ4n) is 2.84. The highest BCUT2D eigenvalue weighted by Gasteiger charge is 2.29. The Labute approximate surface area is 131 Å². The van der Waals surface area contributed by atoms with E-state index in [0.717, 1.165) is 27.8 Å². The molecule has 0 aromatic heterocycles. The van der Waals surface area contributed by atoms with E-state index in [1.165, 1.54) is 6.07 Å². The lowest BCUT2D eigenvalue weighted by Crippen LogP contribution is -2.26.